The summed E-state index contributed by atoms with van der Waals surface area (Å²) < 4.78 is 2.56. The fourth-order valence-corrected chi connectivity index (χ4v) is 4.32. The second-order valence-electron chi connectivity index (χ2n) is 7.42. The monoisotopic (exact) mass is 428 g/mol. The fraction of sp³-hybridized carbons (Fsp3) is 0.450. The van der Waals surface area contributed by atoms with E-state index in [2.05, 4.69) is 72.4 Å². The number of hydrogen-bond acceptors (Lipinski definition) is 5. The molecule has 7 heteroatoms. The maximum absolute atomic E-state index is 4.43. The number of anilines is 1. The average Bonchev–Trinajstić information content (AvgIpc) is 2.98. The molecule has 6 nitrogen and oxygen atoms in total. The molecule has 0 spiro atoms. The van der Waals surface area contributed by atoms with Crippen LogP contribution >= 0.6 is 15.9 Å². The number of nitrogens with zero attached hydrogens (tertiary/aromatic N) is 5. The zero-order valence-electron chi connectivity index (χ0n) is 15.8. The van der Waals surface area contributed by atoms with Gasteiger partial charge in [0.25, 0.3) is 0 Å². The van der Waals surface area contributed by atoms with Gasteiger partial charge in [-0.2, -0.15) is 5.10 Å². The number of aryl methyl sites for hydroxylation is 2. The number of aromatic nitrogens is 4. The van der Waals surface area contributed by atoms with E-state index in [0.717, 1.165) is 47.6 Å². The average molecular weight is 429 g/mol. The summed E-state index contributed by atoms with van der Waals surface area (Å²) in [5, 5.41) is 8.87. The lowest BCUT2D eigenvalue weighted by Gasteiger charge is -2.32. The van der Waals surface area contributed by atoms with E-state index in [9.17, 15) is 0 Å². The second-order valence-corrected chi connectivity index (χ2v) is 8.17. The summed E-state index contributed by atoms with van der Waals surface area (Å²) in [6.07, 6.45) is 4.02. The van der Waals surface area contributed by atoms with E-state index < -0.39 is 0 Å². The van der Waals surface area contributed by atoms with E-state index in [-0.39, 0.29) is 0 Å². The minimum atomic E-state index is 0.666. The van der Waals surface area contributed by atoms with Crippen molar-refractivity contribution in [1.82, 2.24) is 24.6 Å². The zero-order chi connectivity index (χ0) is 18.8. The van der Waals surface area contributed by atoms with Crippen LogP contribution in [-0.4, -0.2) is 44.3 Å². The minimum Gasteiger partial charge on any atom is -0.369 e. The Kier molecular flexibility index (Phi) is 5.41. The molecule has 1 aliphatic heterocycles. The van der Waals surface area contributed by atoms with Crippen molar-refractivity contribution in [3.05, 3.63) is 46.3 Å². The maximum Gasteiger partial charge on any atom is 0.164 e. The van der Waals surface area contributed by atoms with Crippen LogP contribution in [0.15, 0.2) is 35.2 Å². The van der Waals surface area contributed by atoms with Crippen LogP contribution < -0.4 is 5.32 Å². The smallest absolute Gasteiger partial charge is 0.164 e. The first kappa shape index (κ1) is 18.4. The highest BCUT2D eigenvalue weighted by Gasteiger charge is 2.20. The van der Waals surface area contributed by atoms with Gasteiger partial charge in [0.1, 0.15) is 16.7 Å². The SMILES string of the molecule is Cc1ccc(CN2CCC(CNc3ncnc4c3c(Br)nn4C)CC2)cc1. The number of benzene rings is 1. The zero-order valence-corrected chi connectivity index (χ0v) is 17.4. The Hall–Kier alpha value is -1.99. The van der Waals surface area contributed by atoms with Crippen molar-refractivity contribution in [3.63, 3.8) is 0 Å². The predicted octanol–water partition coefficient (Wildman–Crippen LogP) is 3.76. The van der Waals surface area contributed by atoms with Crippen molar-refractivity contribution in [1.29, 1.82) is 0 Å². The molecule has 1 aromatic carbocycles. The third-order valence-corrected chi connectivity index (χ3v) is 5.93. The maximum atomic E-state index is 4.43. The van der Waals surface area contributed by atoms with Crippen molar-refractivity contribution in [3.8, 4) is 0 Å². The highest BCUT2D eigenvalue weighted by Crippen LogP contribution is 2.27. The van der Waals surface area contributed by atoms with Crippen LogP contribution in [0.4, 0.5) is 5.82 Å². The molecule has 0 saturated carbocycles. The van der Waals surface area contributed by atoms with Gasteiger partial charge in [-0.1, -0.05) is 29.8 Å². The molecule has 27 heavy (non-hydrogen) atoms. The Bertz CT molecular complexity index is 912. The number of hydrogen-bond donors (Lipinski definition) is 1. The quantitative estimate of drug-likeness (QED) is 0.670. The molecule has 0 amide bonds. The molecule has 3 heterocycles. The lowest BCUT2D eigenvalue weighted by molar-refractivity contribution is 0.182. The standard InChI is InChI=1S/C20H25BrN6/c1-14-3-5-16(6-4-14)12-27-9-7-15(8-10-27)11-22-19-17-18(21)25-26(2)20(17)24-13-23-19/h3-6,13,15H,7-12H2,1-2H3,(H,22,23,24). The Morgan fingerprint density at radius 2 is 1.89 bits per heavy atom. The fourth-order valence-electron chi connectivity index (χ4n) is 3.72. The van der Waals surface area contributed by atoms with Crippen LogP contribution in [0.1, 0.15) is 24.0 Å². The molecule has 142 valence electrons. The van der Waals surface area contributed by atoms with Crippen molar-refractivity contribution in [2.24, 2.45) is 13.0 Å². The van der Waals surface area contributed by atoms with E-state index in [1.807, 2.05) is 7.05 Å². The van der Waals surface area contributed by atoms with Gasteiger partial charge in [0.2, 0.25) is 0 Å². The van der Waals surface area contributed by atoms with E-state index >= 15 is 0 Å². The topological polar surface area (TPSA) is 58.9 Å². The van der Waals surface area contributed by atoms with Gasteiger partial charge in [0.15, 0.2) is 5.65 Å². The summed E-state index contributed by atoms with van der Waals surface area (Å²) in [4.78, 5) is 11.3. The Morgan fingerprint density at radius 1 is 1.15 bits per heavy atom. The Labute approximate surface area is 168 Å². The third kappa shape index (κ3) is 4.14. The van der Waals surface area contributed by atoms with E-state index in [1.54, 1.807) is 11.0 Å². The second kappa shape index (κ2) is 7.94. The van der Waals surface area contributed by atoms with Gasteiger partial charge in [-0.25, -0.2) is 14.6 Å². The molecule has 0 atom stereocenters. The normalized spacial score (nSPS) is 16.1. The minimum absolute atomic E-state index is 0.666. The van der Waals surface area contributed by atoms with Crippen molar-refractivity contribution in [2.75, 3.05) is 25.0 Å². The third-order valence-electron chi connectivity index (χ3n) is 5.37. The molecule has 3 aromatic rings. The molecule has 0 radical (unpaired) electrons. The van der Waals surface area contributed by atoms with Crippen molar-refractivity contribution in [2.45, 2.75) is 26.3 Å². The Morgan fingerprint density at radius 3 is 2.63 bits per heavy atom. The molecule has 2 aromatic heterocycles. The largest absolute Gasteiger partial charge is 0.369 e. The number of fused-ring (bicyclic) bond motifs is 1. The number of halogens is 1. The first-order chi connectivity index (χ1) is 13.1. The highest BCUT2D eigenvalue weighted by molar-refractivity contribution is 9.10. The lowest BCUT2D eigenvalue weighted by Crippen LogP contribution is -2.35. The first-order valence-electron chi connectivity index (χ1n) is 9.45. The highest BCUT2D eigenvalue weighted by atomic mass is 79.9. The summed E-state index contributed by atoms with van der Waals surface area (Å²) in [6.45, 7) is 6.42. The van der Waals surface area contributed by atoms with Crippen LogP contribution in [0.5, 0.6) is 0 Å². The number of piperidine rings is 1. The summed E-state index contributed by atoms with van der Waals surface area (Å²) >= 11 is 3.52. The van der Waals surface area contributed by atoms with Gasteiger partial charge in [-0.3, -0.25) is 4.90 Å². The first-order valence-corrected chi connectivity index (χ1v) is 10.2. The summed E-state index contributed by atoms with van der Waals surface area (Å²) in [5.74, 6) is 1.53. The Balaban J connectivity index is 1.32. The molecule has 0 unspecified atom stereocenters. The molecular formula is C20H25BrN6. The summed E-state index contributed by atoms with van der Waals surface area (Å²) in [6, 6.07) is 8.89. The van der Waals surface area contributed by atoms with E-state index in [0.29, 0.717) is 5.92 Å². The van der Waals surface area contributed by atoms with Gasteiger partial charge in [-0.05, 0) is 60.3 Å². The van der Waals surface area contributed by atoms with Crippen LogP contribution in [0.3, 0.4) is 0 Å². The molecule has 0 aliphatic carbocycles. The summed E-state index contributed by atoms with van der Waals surface area (Å²) in [7, 11) is 1.90. The molecule has 1 fully saturated rings. The van der Waals surface area contributed by atoms with Crippen LogP contribution in [0.2, 0.25) is 0 Å². The number of nitrogens with one attached hydrogen (secondary N) is 1. The van der Waals surface area contributed by atoms with Crippen molar-refractivity contribution >= 4 is 32.8 Å². The van der Waals surface area contributed by atoms with Crippen LogP contribution in [0, 0.1) is 12.8 Å². The van der Waals surface area contributed by atoms with Gasteiger partial charge in [-0.15, -0.1) is 0 Å². The van der Waals surface area contributed by atoms with E-state index in [1.165, 1.54) is 24.0 Å². The van der Waals surface area contributed by atoms with Gasteiger partial charge >= 0.3 is 0 Å². The van der Waals surface area contributed by atoms with Gasteiger partial charge in [0.05, 0.1) is 5.39 Å². The molecule has 4 rings (SSSR count). The number of likely N-dealkylation sites (tertiary alicyclic amines) is 1. The molecular weight excluding hydrogens is 404 g/mol. The predicted molar refractivity (Wildman–Crippen MR) is 112 cm³/mol. The molecule has 1 aliphatic rings. The van der Waals surface area contributed by atoms with Crippen LogP contribution in [-0.2, 0) is 13.6 Å². The molecule has 0 bridgehead atoms. The summed E-state index contributed by atoms with van der Waals surface area (Å²) in [5.41, 5.74) is 3.57. The lowest BCUT2D eigenvalue weighted by atomic mass is 9.96. The molecule has 1 N–H and O–H groups in total. The van der Waals surface area contributed by atoms with Gasteiger partial charge < -0.3 is 5.32 Å². The van der Waals surface area contributed by atoms with E-state index in [4.69, 9.17) is 0 Å². The van der Waals surface area contributed by atoms with Gasteiger partial charge in [0, 0.05) is 20.1 Å². The van der Waals surface area contributed by atoms with Crippen LogP contribution in [0.25, 0.3) is 11.0 Å². The van der Waals surface area contributed by atoms with Crippen molar-refractivity contribution < 1.29 is 0 Å². The number of rotatable bonds is 5. The molecule has 1 saturated heterocycles.